The van der Waals surface area contributed by atoms with E-state index in [1.54, 1.807) is 5.56 Å². The van der Waals surface area contributed by atoms with Crippen molar-refractivity contribution in [3.63, 3.8) is 0 Å². The van der Waals surface area contributed by atoms with Gasteiger partial charge in [-0.05, 0) is 49.1 Å². The predicted octanol–water partition coefficient (Wildman–Crippen LogP) is 4.00. The maximum atomic E-state index is 3.69. The average molecular weight is 294 g/mol. The number of fused-ring (bicyclic) bond motifs is 1. The number of halogens is 1. The molecule has 0 spiro atoms. The minimum Gasteiger partial charge on any atom is -0.371 e. The van der Waals surface area contributed by atoms with Crippen LogP contribution in [0, 0.1) is 5.41 Å². The maximum absolute atomic E-state index is 3.69. The predicted molar refractivity (Wildman–Crippen MR) is 77.1 cm³/mol. The highest BCUT2D eigenvalue weighted by atomic mass is 79.9. The first kappa shape index (κ1) is 11.6. The van der Waals surface area contributed by atoms with Crippen LogP contribution in [0.25, 0.3) is 0 Å². The number of aryl methyl sites for hydroxylation is 1. The van der Waals surface area contributed by atoms with Crippen molar-refractivity contribution < 1.29 is 0 Å². The van der Waals surface area contributed by atoms with Crippen molar-refractivity contribution in [2.24, 2.45) is 5.41 Å². The summed E-state index contributed by atoms with van der Waals surface area (Å²) in [5.41, 5.74) is 3.63. The standard InChI is InChI=1S/C15H20BrN/c16-11-15(8-9-15)12-17-10-4-3-6-13-5-1-2-7-14(13)17/h1-2,5,7H,3-4,6,8-12H2. The zero-order valence-electron chi connectivity index (χ0n) is 10.3. The minimum absolute atomic E-state index is 0.581. The van der Waals surface area contributed by atoms with Crippen molar-refractivity contribution in [2.75, 3.05) is 23.3 Å². The van der Waals surface area contributed by atoms with Gasteiger partial charge >= 0.3 is 0 Å². The normalized spacial score (nSPS) is 21.8. The molecule has 0 atom stereocenters. The van der Waals surface area contributed by atoms with Crippen LogP contribution in [-0.4, -0.2) is 18.4 Å². The van der Waals surface area contributed by atoms with E-state index < -0.39 is 0 Å². The second-order valence-corrected chi connectivity index (χ2v) is 6.20. The van der Waals surface area contributed by atoms with Gasteiger partial charge in [-0.25, -0.2) is 0 Å². The molecule has 0 saturated heterocycles. The number of anilines is 1. The van der Waals surface area contributed by atoms with Gasteiger partial charge in [-0.1, -0.05) is 34.1 Å². The summed E-state index contributed by atoms with van der Waals surface area (Å²) < 4.78 is 0. The molecular formula is C15H20BrN. The summed E-state index contributed by atoms with van der Waals surface area (Å²) in [5, 5.41) is 1.17. The first-order valence-corrected chi connectivity index (χ1v) is 7.84. The molecule has 1 aliphatic heterocycles. The summed E-state index contributed by atoms with van der Waals surface area (Å²) in [7, 11) is 0. The third-order valence-corrected chi connectivity index (χ3v) is 5.41. The number of nitrogens with zero attached hydrogens (tertiary/aromatic N) is 1. The van der Waals surface area contributed by atoms with E-state index >= 15 is 0 Å². The van der Waals surface area contributed by atoms with E-state index in [4.69, 9.17) is 0 Å². The molecule has 1 nitrogen and oxygen atoms in total. The molecule has 0 bridgehead atoms. The number of hydrogen-bond donors (Lipinski definition) is 0. The van der Waals surface area contributed by atoms with Gasteiger partial charge in [0.2, 0.25) is 0 Å². The molecule has 1 heterocycles. The van der Waals surface area contributed by atoms with Gasteiger partial charge < -0.3 is 4.90 Å². The van der Waals surface area contributed by atoms with Crippen LogP contribution in [0.4, 0.5) is 5.69 Å². The van der Waals surface area contributed by atoms with Crippen molar-refractivity contribution >= 4 is 21.6 Å². The zero-order valence-corrected chi connectivity index (χ0v) is 11.9. The fourth-order valence-corrected chi connectivity index (χ4v) is 3.59. The monoisotopic (exact) mass is 293 g/mol. The summed E-state index contributed by atoms with van der Waals surface area (Å²) in [6.45, 7) is 2.49. The Bertz CT molecular complexity index is 398. The Morgan fingerprint density at radius 3 is 2.76 bits per heavy atom. The molecular weight excluding hydrogens is 274 g/mol. The second kappa shape index (κ2) is 4.64. The Labute approximate surface area is 112 Å². The molecule has 2 heteroatoms. The highest BCUT2D eigenvalue weighted by Crippen LogP contribution is 2.48. The summed E-state index contributed by atoms with van der Waals surface area (Å²) in [5.74, 6) is 0. The highest BCUT2D eigenvalue weighted by molar-refractivity contribution is 9.09. The highest BCUT2D eigenvalue weighted by Gasteiger charge is 2.43. The zero-order chi connectivity index (χ0) is 11.7. The van der Waals surface area contributed by atoms with Gasteiger partial charge in [-0.2, -0.15) is 0 Å². The molecule has 17 heavy (non-hydrogen) atoms. The molecule has 92 valence electrons. The molecule has 1 fully saturated rings. The fraction of sp³-hybridized carbons (Fsp3) is 0.600. The van der Waals surface area contributed by atoms with Gasteiger partial charge in [0.15, 0.2) is 0 Å². The lowest BCUT2D eigenvalue weighted by Gasteiger charge is -2.29. The fourth-order valence-electron chi connectivity index (χ4n) is 2.85. The van der Waals surface area contributed by atoms with E-state index in [2.05, 4.69) is 45.1 Å². The largest absolute Gasteiger partial charge is 0.371 e. The molecule has 0 amide bonds. The molecule has 0 unspecified atom stereocenters. The Morgan fingerprint density at radius 1 is 1.18 bits per heavy atom. The van der Waals surface area contributed by atoms with Crippen LogP contribution in [0.3, 0.4) is 0 Å². The molecule has 1 aromatic rings. The smallest absolute Gasteiger partial charge is 0.0398 e. The lowest BCUT2D eigenvalue weighted by atomic mass is 10.1. The van der Waals surface area contributed by atoms with E-state index in [0.29, 0.717) is 5.41 Å². The van der Waals surface area contributed by atoms with Gasteiger partial charge in [-0.15, -0.1) is 0 Å². The van der Waals surface area contributed by atoms with Crippen LogP contribution < -0.4 is 4.90 Å². The van der Waals surface area contributed by atoms with Gasteiger partial charge in [0.05, 0.1) is 0 Å². The number of hydrogen-bond acceptors (Lipinski definition) is 1. The third kappa shape index (κ3) is 2.37. The Kier molecular flexibility index (Phi) is 3.16. The average Bonchev–Trinajstić information content (AvgIpc) is 3.16. The van der Waals surface area contributed by atoms with E-state index in [0.717, 1.165) is 0 Å². The molecule has 1 aromatic carbocycles. The van der Waals surface area contributed by atoms with Gasteiger partial charge in [-0.3, -0.25) is 0 Å². The van der Waals surface area contributed by atoms with Crippen molar-refractivity contribution in [1.82, 2.24) is 0 Å². The molecule has 0 radical (unpaired) electrons. The second-order valence-electron chi connectivity index (χ2n) is 5.64. The molecule has 2 aliphatic rings. The van der Waals surface area contributed by atoms with E-state index in [1.807, 2.05) is 0 Å². The molecule has 1 saturated carbocycles. The maximum Gasteiger partial charge on any atom is 0.0398 e. The summed E-state index contributed by atoms with van der Waals surface area (Å²) in [4.78, 5) is 2.64. The van der Waals surface area contributed by atoms with E-state index in [-0.39, 0.29) is 0 Å². The number of para-hydroxylation sites is 1. The number of benzene rings is 1. The van der Waals surface area contributed by atoms with E-state index in [9.17, 15) is 0 Å². The van der Waals surface area contributed by atoms with E-state index in [1.165, 1.54) is 56.2 Å². The van der Waals surface area contributed by atoms with Gasteiger partial charge in [0, 0.05) is 24.1 Å². The van der Waals surface area contributed by atoms with Crippen LogP contribution in [0.1, 0.15) is 31.2 Å². The Hall–Kier alpha value is -0.500. The van der Waals surface area contributed by atoms with Crippen LogP contribution in [0.15, 0.2) is 24.3 Å². The summed E-state index contributed by atoms with van der Waals surface area (Å²) in [6.07, 6.45) is 6.74. The first-order chi connectivity index (χ1) is 8.33. The van der Waals surface area contributed by atoms with Crippen molar-refractivity contribution in [2.45, 2.75) is 32.1 Å². The number of rotatable bonds is 3. The quantitative estimate of drug-likeness (QED) is 0.762. The lowest BCUT2D eigenvalue weighted by Crippen LogP contribution is -2.32. The first-order valence-electron chi connectivity index (χ1n) is 6.72. The van der Waals surface area contributed by atoms with Crippen LogP contribution in [0.5, 0.6) is 0 Å². The van der Waals surface area contributed by atoms with Crippen molar-refractivity contribution in [1.29, 1.82) is 0 Å². The van der Waals surface area contributed by atoms with Crippen LogP contribution in [0.2, 0.25) is 0 Å². The topological polar surface area (TPSA) is 3.24 Å². The SMILES string of the molecule is BrCC1(CN2CCCCc3ccccc32)CC1. The Morgan fingerprint density at radius 2 is 2.00 bits per heavy atom. The number of alkyl halides is 1. The molecule has 1 aliphatic carbocycles. The van der Waals surface area contributed by atoms with Crippen molar-refractivity contribution in [3.05, 3.63) is 29.8 Å². The van der Waals surface area contributed by atoms with Gasteiger partial charge in [0.25, 0.3) is 0 Å². The molecule has 3 rings (SSSR count). The van der Waals surface area contributed by atoms with Crippen LogP contribution >= 0.6 is 15.9 Å². The summed E-state index contributed by atoms with van der Waals surface area (Å²) >= 11 is 3.69. The van der Waals surface area contributed by atoms with Gasteiger partial charge in [0.1, 0.15) is 0 Å². The molecule has 0 aromatic heterocycles. The third-order valence-electron chi connectivity index (χ3n) is 4.22. The lowest BCUT2D eigenvalue weighted by molar-refractivity contribution is 0.556. The van der Waals surface area contributed by atoms with Crippen LogP contribution in [-0.2, 0) is 6.42 Å². The van der Waals surface area contributed by atoms with Crippen molar-refractivity contribution in [3.8, 4) is 0 Å². The molecule has 0 N–H and O–H groups in total. The minimum atomic E-state index is 0.581. The Balaban J connectivity index is 1.84. The summed E-state index contributed by atoms with van der Waals surface area (Å²) in [6, 6.07) is 8.98.